The van der Waals surface area contributed by atoms with E-state index >= 15 is 0 Å². The second kappa shape index (κ2) is 9.15. The number of hydrogen-bond donors (Lipinski definition) is 2. The summed E-state index contributed by atoms with van der Waals surface area (Å²) in [6, 6.07) is 13.9. The maximum atomic E-state index is 14.3. The predicted octanol–water partition coefficient (Wildman–Crippen LogP) is 3.41. The Morgan fingerprint density at radius 1 is 1.00 bits per heavy atom. The summed E-state index contributed by atoms with van der Waals surface area (Å²) in [5.74, 6) is -5.53. The van der Waals surface area contributed by atoms with Crippen LogP contribution >= 0.6 is 0 Å². The number of benzene rings is 2. The van der Waals surface area contributed by atoms with Crippen LogP contribution in [0.15, 0.2) is 60.2 Å². The molecule has 2 heterocycles. The van der Waals surface area contributed by atoms with Crippen LogP contribution in [0.4, 0.5) is 5.69 Å². The number of phenolic OH excluding ortho intramolecular Hbond substituents is 1. The van der Waals surface area contributed by atoms with Gasteiger partial charge in [-0.15, -0.1) is 0 Å². The summed E-state index contributed by atoms with van der Waals surface area (Å²) in [5, 5.41) is 19.4. The number of carboxylic acid groups (broad SMARTS) is 1. The minimum Gasteiger partial charge on any atom is -0.508 e. The SMILES string of the molecule is Cc1cc([C@H]2C3=CC[C@@H]4C(=O)N(CCC(=O)O)C(=O)[C@@H]4[C@@H]3C[C@H]3C(=O)N(c4ccccc4)C(=O)[C@@]23C)ccc1O. The normalized spacial score (nSPS) is 31.1. The summed E-state index contributed by atoms with van der Waals surface area (Å²) < 4.78 is 0. The number of aromatic hydroxyl groups is 1. The molecule has 2 aliphatic carbocycles. The highest BCUT2D eigenvalue weighted by Crippen LogP contribution is 2.63. The Balaban J connectivity index is 1.48. The van der Waals surface area contributed by atoms with Gasteiger partial charge in [-0.25, -0.2) is 4.90 Å². The largest absolute Gasteiger partial charge is 0.508 e. The van der Waals surface area contributed by atoms with Gasteiger partial charge in [0.25, 0.3) is 0 Å². The van der Waals surface area contributed by atoms with Crippen molar-refractivity contribution in [3.8, 4) is 5.75 Å². The van der Waals surface area contributed by atoms with Crippen molar-refractivity contribution in [2.45, 2.75) is 39.0 Å². The molecule has 0 spiro atoms. The number of allylic oxidation sites excluding steroid dienone is 2. The Morgan fingerprint density at radius 2 is 1.73 bits per heavy atom. The fourth-order valence-corrected chi connectivity index (χ4v) is 7.57. The number of imide groups is 2. The maximum absolute atomic E-state index is 14.3. The molecule has 0 radical (unpaired) electrons. The first kappa shape index (κ1) is 26.0. The van der Waals surface area contributed by atoms with Crippen molar-refractivity contribution in [3.63, 3.8) is 0 Å². The number of hydrogen-bond acceptors (Lipinski definition) is 6. The summed E-state index contributed by atoms with van der Waals surface area (Å²) >= 11 is 0. The molecule has 2 aliphatic heterocycles. The van der Waals surface area contributed by atoms with E-state index in [-0.39, 0.29) is 42.9 Å². The molecule has 206 valence electrons. The Morgan fingerprint density at radius 3 is 2.40 bits per heavy atom. The highest BCUT2D eigenvalue weighted by molar-refractivity contribution is 6.24. The van der Waals surface area contributed by atoms with E-state index in [1.165, 1.54) is 4.90 Å². The zero-order valence-corrected chi connectivity index (χ0v) is 22.2. The quantitative estimate of drug-likeness (QED) is 0.437. The standard InChI is InChI=1S/C31H30N2O7/c1-16-14-17(8-11-23(16)34)26-19-9-10-20-25(29(39)32(27(20)37)13-12-24(35)36)21(19)15-22-28(38)33(30(40)31(22,26)2)18-6-4-3-5-7-18/h3-9,11,14,20-22,25-26,34H,10,12-13,15H2,1-2H3,(H,35,36)/t20-,21+,22-,25-,26-,31+/m0/s1. The molecule has 4 aliphatic rings. The van der Waals surface area contributed by atoms with Crippen molar-refractivity contribution in [1.82, 2.24) is 4.90 Å². The summed E-state index contributed by atoms with van der Waals surface area (Å²) in [6.07, 6.45) is 2.15. The molecular formula is C31H30N2O7. The number of carboxylic acids is 1. The Hall–Kier alpha value is -4.27. The van der Waals surface area contributed by atoms with Gasteiger partial charge in [0, 0.05) is 12.5 Å². The first-order valence-electron chi connectivity index (χ1n) is 13.6. The average molecular weight is 543 g/mol. The molecule has 0 aromatic heterocycles. The van der Waals surface area contributed by atoms with E-state index in [1.54, 1.807) is 43.3 Å². The van der Waals surface area contributed by atoms with Crippen LogP contribution in [0.2, 0.25) is 0 Å². The van der Waals surface area contributed by atoms with E-state index < -0.39 is 46.9 Å². The number of carbonyl (C=O) groups is 5. The zero-order chi connectivity index (χ0) is 28.5. The lowest BCUT2D eigenvalue weighted by atomic mass is 9.51. The van der Waals surface area contributed by atoms with E-state index in [9.17, 15) is 29.1 Å². The average Bonchev–Trinajstić information content (AvgIpc) is 3.29. The van der Waals surface area contributed by atoms with Crippen LogP contribution in [0, 0.1) is 36.0 Å². The van der Waals surface area contributed by atoms with Crippen LogP contribution < -0.4 is 4.90 Å². The fourth-order valence-electron chi connectivity index (χ4n) is 7.57. The third-order valence-corrected chi connectivity index (χ3v) is 9.48. The molecular weight excluding hydrogens is 512 g/mol. The van der Waals surface area contributed by atoms with E-state index in [2.05, 4.69) is 0 Å². The number of anilines is 1. The molecule has 2 aromatic rings. The lowest BCUT2D eigenvalue weighted by Crippen LogP contribution is -2.48. The third kappa shape index (κ3) is 3.56. The summed E-state index contributed by atoms with van der Waals surface area (Å²) in [4.78, 5) is 68.7. The van der Waals surface area contributed by atoms with E-state index in [0.29, 0.717) is 17.7 Å². The molecule has 9 heteroatoms. The second-order valence-electron chi connectivity index (χ2n) is 11.5. The molecule has 40 heavy (non-hydrogen) atoms. The van der Waals surface area contributed by atoms with Crippen LogP contribution in [0.1, 0.15) is 43.2 Å². The lowest BCUT2D eigenvalue weighted by Gasteiger charge is -2.49. The van der Waals surface area contributed by atoms with Crippen LogP contribution in [0.25, 0.3) is 0 Å². The van der Waals surface area contributed by atoms with Gasteiger partial charge in [-0.3, -0.25) is 28.9 Å². The van der Waals surface area contributed by atoms with E-state index in [0.717, 1.165) is 16.0 Å². The van der Waals surface area contributed by atoms with Gasteiger partial charge in [0.2, 0.25) is 23.6 Å². The fraction of sp³-hybridized carbons (Fsp3) is 0.387. The number of para-hydroxylation sites is 1. The number of nitrogens with zero attached hydrogens (tertiary/aromatic N) is 2. The van der Waals surface area contributed by atoms with Crippen molar-refractivity contribution < 1.29 is 34.2 Å². The molecule has 0 bridgehead atoms. The first-order valence-corrected chi connectivity index (χ1v) is 13.6. The van der Waals surface area contributed by atoms with Gasteiger partial charge in [-0.2, -0.15) is 0 Å². The summed E-state index contributed by atoms with van der Waals surface area (Å²) in [7, 11) is 0. The van der Waals surface area contributed by atoms with Crippen molar-refractivity contribution in [2.75, 3.05) is 11.4 Å². The molecule has 6 rings (SSSR count). The van der Waals surface area contributed by atoms with Gasteiger partial charge in [-0.05, 0) is 61.9 Å². The Labute approximate surface area is 231 Å². The van der Waals surface area contributed by atoms with Gasteiger partial charge in [0.05, 0.1) is 35.3 Å². The molecule has 4 amide bonds. The molecule has 6 atom stereocenters. The molecule has 2 aromatic carbocycles. The smallest absolute Gasteiger partial charge is 0.305 e. The van der Waals surface area contributed by atoms with E-state index in [4.69, 9.17) is 5.11 Å². The van der Waals surface area contributed by atoms with Crippen LogP contribution in [0.5, 0.6) is 5.75 Å². The molecule has 2 N–H and O–H groups in total. The van der Waals surface area contributed by atoms with Crippen LogP contribution in [0.3, 0.4) is 0 Å². The third-order valence-electron chi connectivity index (χ3n) is 9.48. The van der Waals surface area contributed by atoms with Crippen LogP contribution in [-0.2, 0) is 24.0 Å². The number of fused-ring (bicyclic) bond motifs is 4. The Kier molecular flexibility index (Phi) is 5.94. The second-order valence-corrected chi connectivity index (χ2v) is 11.5. The monoisotopic (exact) mass is 542 g/mol. The summed E-state index contributed by atoms with van der Waals surface area (Å²) in [5.41, 5.74) is 1.56. The predicted molar refractivity (Wildman–Crippen MR) is 143 cm³/mol. The maximum Gasteiger partial charge on any atom is 0.305 e. The molecule has 0 unspecified atom stereocenters. The Bertz CT molecular complexity index is 1500. The van der Waals surface area contributed by atoms with Gasteiger partial charge in [-0.1, -0.05) is 42.0 Å². The number of amides is 4. The van der Waals surface area contributed by atoms with Crippen molar-refractivity contribution in [2.24, 2.45) is 29.1 Å². The lowest BCUT2D eigenvalue weighted by molar-refractivity contribution is -0.142. The molecule has 9 nitrogen and oxygen atoms in total. The van der Waals surface area contributed by atoms with E-state index in [1.807, 2.05) is 25.1 Å². The topological polar surface area (TPSA) is 132 Å². The number of aliphatic carboxylic acids is 1. The number of likely N-dealkylation sites (tertiary alicyclic amines) is 1. The number of carbonyl (C=O) groups excluding carboxylic acids is 4. The minimum absolute atomic E-state index is 0.112. The number of aryl methyl sites for hydroxylation is 1. The molecule has 1 saturated carbocycles. The van der Waals surface area contributed by atoms with Gasteiger partial charge >= 0.3 is 5.97 Å². The molecule has 2 saturated heterocycles. The minimum atomic E-state index is -1.15. The van der Waals surface area contributed by atoms with Gasteiger partial charge in [0.15, 0.2) is 0 Å². The van der Waals surface area contributed by atoms with Gasteiger partial charge in [0.1, 0.15) is 5.75 Å². The van der Waals surface area contributed by atoms with Crippen molar-refractivity contribution in [3.05, 3.63) is 71.3 Å². The number of phenols is 1. The first-order chi connectivity index (χ1) is 19.1. The highest BCUT2D eigenvalue weighted by atomic mass is 16.4. The number of rotatable bonds is 5. The molecule has 3 fully saturated rings. The highest BCUT2D eigenvalue weighted by Gasteiger charge is 2.67. The van der Waals surface area contributed by atoms with Gasteiger partial charge < -0.3 is 10.2 Å². The van der Waals surface area contributed by atoms with Crippen molar-refractivity contribution in [1.29, 1.82) is 0 Å². The van der Waals surface area contributed by atoms with Crippen LogP contribution in [-0.4, -0.2) is 51.3 Å². The zero-order valence-electron chi connectivity index (χ0n) is 22.2. The summed E-state index contributed by atoms with van der Waals surface area (Å²) in [6.45, 7) is 3.39. The van der Waals surface area contributed by atoms with Crippen molar-refractivity contribution >= 4 is 35.3 Å².